The second-order valence-corrected chi connectivity index (χ2v) is 6.65. The van der Waals surface area contributed by atoms with Gasteiger partial charge in [-0.05, 0) is 25.3 Å². The number of nitrogens with zero attached hydrogens (tertiary/aromatic N) is 2. The smallest absolute Gasteiger partial charge is 0.413 e. The summed E-state index contributed by atoms with van der Waals surface area (Å²) in [5.74, 6) is -0.605. The van der Waals surface area contributed by atoms with Crippen LogP contribution in [0, 0.1) is 0 Å². The molecule has 0 atom stereocenters. The van der Waals surface area contributed by atoms with Gasteiger partial charge < -0.3 is 14.4 Å². The van der Waals surface area contributed by atoms with Crippen LogP contribution in [0.5, 0.6) is 0 Å². The summed E-state index contributed by atoms with van der Waals surface area (Å²) in [6.45, 7) is 6.89. The molecule has 1 heterocycles. The molecule has 160 valence electrons. The number of benzene rings is 1. The molecule has 0 spiro atoms. The summed E-state index contributed by atoms with van der Waals surface area (Å²) < 4.78 is 9.73. The van der Waals surface area contributed by atoms with E-state index in [0.717, 1.165) is 5.56 Å². The normalized spacial score (nSPS) is 13.5. The molecule has 0 saturated carbocycles. The van der Waals surface area contributed by atoms with Gasteiger partial charge in [0, 0.05) is 31.4 Å². The molecule has 1 aromatic rings. The Hall–Kier alpha value is -3.35. The number of methoxy groups -OCH3 is 1. The van der Waals surface area contributed by atoms with E-state index in [9.17, 15) is 14.4 Å². The summed E-state index contributed by atoms with van der Waals surface area (Å²) in [7, 11) is 1.31. The summed E-state index contributed by atoms with van der Waals surface area (Å²) >= 11 is 0. The minimum absolute atomic E-state index is 0.141. The van der Waals surface area contributed by atoms with Gasteiger partial charge in [-0.25, -0.2) is 9.59 Å². The molecule has 1 aliphatic rings. The van der Waals surface area contributed by atoms with Crippen LogP contribution in [-0.2, 0) is 25.6 Å². The van der Waals surface area contributed by atoms with Crippen LogP contribution >= 0.6 is 0 Å². The van der Waals surface area contributed by atoms with E-state index in [1.165, 1.54) is 18.1 Å². The number of esters is 1. The Morgan fingerprint density at radius 2 is 1.97 bits per heavy atom. The third-order valence-electron chi connectivity index (χ3n) is 4.62. The number of amides is 2. The highest BCUT2D eigenvalue weighted by atomic mass is 16.6. The Labute approximate surface area is 177 Å². The predicted octanol–water partition coefficient (Wildman–Crippen LogP) is 3.44. The number of hydrogen-bond donors (Lipinski definition) is 0. The average molecular weight is 412 g/mol. The van der Waals surface area contributed by atoms with Crippen molar-refractivity contribution < 1.29 is 23.9 Å². The fourth-order valence-electron chi connectivity index (χ4n) is 3.07. The van der Waals surface area contributed by atoms with Crippen LogP contribution in [0.15, 0.2) is 66.4 Å². The highest BCUT2D eigenvalue weighted by molar-refractivity contribution is 5.94. The number of carbonyl (C=O) groups excluding carboxylic acids is 3. The van der Waals surface area contributed by atoms with Crippen molar-refractivity contribution in [2.75, 3.05) is 26.8 Å². The number of carbonyl (C=O) groups is 3. The van der Waals surface area contributed by atoms with Crippen LogP contribution in [0.2, 0.25) is 0 Å². The van der Waals surface area contributed by atoms with Gasteiger partial charge in [-0.1, -0.05) is 49.1 Å². The highest BCUT2D eigenvalue weighted by Crippen LogP contribution is 2.19. The van der Waals surface area contributed by atoms with Crippen molar-refractivity contribution >= 4 is 18.0 Å². The number of ether oxygens (including phenoxy) is 2. The number of hydrogen-bond acceptors (Lipinski definition) is 5. The van der Waals surface area contributed by atoms with Gasteiger partial charge in [-0.15, -0.1) is 0 Å². The zero-order valence-electron chi connectivity index (χ0n) is 17.5. The molecular formula is C23H28N2O5. The zero-order valence-corrected chi connectivity index (χ0v) is 17.5. The third-order valence-corrected chi connectivity index (χ3v) is 4.62. The van der Waals surface area contributed by atoms with E-state index in [1.807, 2.05) is 30.3 Å². The molecule has 0 aromatic heterocycles. The van der Waals surface area contributed by atoms with Crippen LogP contribution in [0.25, 0.3) is 0 Å². The molecule has 0 aliphatic carbocycles. The van der Waals surface area contributed by atoms with E-state index in [0.29, 0.717) is 43.6 Å². The molecular weight excluding hydrogens is 384 g/mol. The van der Waals surface area contributed by atoms with Crippen molar-refractivity contribution in [1.29, 1.82) is 0 Å². The first kappa shape index (κ1) is 22.9. The summed E-state index contributed by atoms with van der Waals surface area (Å²) in [6, 6.07) is 9.66. The molecule has 0 fully saturated rings. The summed E-state index contributed by atoms with van der Waals surface area (Å²) in [5.41, 5.74) is 1.91. The van der Waals surface area contributed by atoms with Gasteiger partial charge in [0.2, 0.25) is 0 Å². The van der Waals surface area contributed by atoms with Gasteiger partial charge in [-0.2, -0.15) is 0 Å². The summed E-state index contributed by atoms with van der Waals surface area (Å²) in [6.07, 6.45) is 5.19. The van der Waals surface area contributed by atoms with Crippen molar-refractivity contribution in [1.82, 2.24) is 9.80 Å². The lowest BCUT2D eigenvalue weighted by Crippen LogP contribution is -2.32. The largest absolute Gasteiger partial charge is 0.465 e. The van der Waals surface area contributed by atoms with Gasteiger partial charge >= 0.3 is 12.1 Å². The van der Waals surface area contributed by atoms with E-state index in [4.69, 9.17) is 9.47 Å². The van der Waals surface area contributed by atoms with Crippen LogP contribution in [0.4, 0.5) is 4.79 Å². The molecule has 1 aliphatic heterocycles. The molecule has 0 saturated heterocycles. The van der Waals surface area contributed by atoms with Crippen LogP contribution < -0.4 is 0 Å². The minimum atomic E-state index is -0.463. The molecule has 0 N–H and O–H groups in total. The van der Waals surface area contributed by atoms with Crippen molar-refractivity contribution in [2.45, 2.75) is 26.3 Å². The lowest BCUT2D eigenvalue weighted by Gasteiger charge is -2.23. The lowest BCUT2D eigenvalue weighted by atomic mass is 10.1. The molecule has 0 radical (unpaired) electrons. The highest BCUT2D eigenvalue weighted by Gasteiger charge is 2.26. The topological polar surface area (TPSA) is 76.2 Å². The Bertz CT molecular complexity index is 829. The quantitative estimate of drug-likeness (QED) is 0.353. The Balaban J connectivity index is 2.15. The molecule has 7 heteroatoms. The van der Waals surface area contributed by atoms with Crippen molar-refractivity contribution in [2.24, 2.45) is 0 Å². The van der Waals surface area contributed by atoms with Crippen molar-refractivity contribution in [3.8, 4) is 0 Å². The number of rotatable bonds is 9. The average Bonchev–Trinajstić information content (AvgIpc) is 3.26. The molecule has 0 bridgehead atoms. The maximum Gasteiger partial charge on any atom is 0.413 e. The monoisotopic (exact) mass is 412 g/mol. The maximum atomic E-state index is 13.2. The van der Waals surface area contributed by atoms with Gasteiger partial charge in [0.25, 0.3) is 5.91 Å². The molecule has 7 nitrogen and oxygen atoms in total. The second kappa shape index (κ2) is 11.6. The first-order valence-electron chi connectivity index (χ1n) is 9.88. The van der Waals surface area contributed by atoms with Crippen LogP contribution in [0.3, 0.4) is 0 Å². The minimum Gasteiger partial charge on any atom is -0.465 e. The predicted molar refractivity (Wildman–Crippen MR) is 113 cm³/mol. The molecule has 0 unspecified atom stereocenters. The molecule has 30 heavy (non-hydrogen) atoms. The SMILES string of the molecule is C=C/C(=C\CCN(Cc1ccccc1)C(=O)C1=CN(C(=O)OCC)CC1)C(=O)OC. The van der Waals surface area contributed by atoms with E-state index in [-0.39, 0.29) is 12.5 Å². The fraction of sp³-hybridized carbons (Fsp3) is 0.348. The summed E-state index contributed by atoms with van der Waals surface area (Å²) in [4.78, 5) is 39.9. The van der Waals surface area contributed by atoms with Crippen molar-refractivity contribution in [3.63, 3.8) is 0 Å². The van der Waals surface area contributed by atoms with Crippen LogP contribution in [0.1, 0.15) is 25.3 Å². The first-order chi connectivity index (χ1) is 14.5. The third kappa shape index (κ3) is 6.34. The Morgan fingerprint density at radius 3 is 2.60 bits per heavy atom. The zero-order chi connectivity index (χ0) is 21.9. The Kier molecular flexibility index (Phi) is 8.87. The lowest BCUT2D eigenvalue weighted by molar-refractivity contribution is -0.135. The fourth-order valence-corrected chi connectivity index (χ4v) is 3.07. The van der Waals surface area contributed by atoms with E-state index < -0.39 is 12.1 Å². The van der Waals surface area contributed by atoms with E-state index in [1.54, 1.807) is 24.1 Å². The van der Waals surface area contributed by atoms with Gasteiger partial charge in [-0.3, -0.25) is 9.69 Å². The van der Waals surface area contributed by atoms with Gasteiger partial charge in [0.15, 0.2) is 0 Å². The second-order valence-electron chi connectivity index (χ2n) is 6.65. The Morgan fingerprint density at radius 1 is 1.23 bits per heavy atom. The maximum absolute atomic E-state index is 13.2. The molecule has 1 aromatic carbocycles. The standard InChI is InChI=1S/C23H28N2O5/c1-4-19(22(27)29-3)12-9-14-24(16-18-10-7-6-8-11-18)21(26)20-13-15-25(17-20)23(28)30-5-2/h4,6-8,10-12,17H,1,5,9,13-16H2,2-3H3/b19-12+. The van der Waals surface area contributed by atoms with E-state index >= 15 is 0 Å². The van der Waals surface area contributed by atoms with E-state index in [2.05, 4.69) is 6.58 Å². The van der Waals surface area contributed by atoms with Gasteiger partial charge in [0.05, 0.1) is 19.3 Å². The van der Waals surface area contributed by atoms with Crippen LogP contribution in [-0.4, -0.2) is 54.6 Å². The molecule has 2 amide bonds. The van der Waals surface area contributed by atoms with Crippen molar-refractivity contribution in [3.05, 3.63) is 72.0 Å². The van der Waals surface area contributed by atoms with Gasteiger partial charge in [0.1, 0.15) is 0 Å². The first-order valence-corrected chi connectivity index (χ1v) is 9.88. The summed E-state index contributed by atoms with van der Waals surface area (Å²) in [5, 5.41) is 0. The molecule has 2 rings (SSSR count).